The third-order valence-electron chi connectivity index (χ3n) is 3.88. The Labute approximate surface area is 124 Å². The Balaban J connectivity index is 2.09. The van der Waals surface area contributed by atoms with Gasteiger partial charge in [-0.15, -0.1) is 0 Å². The van der Waals surface area contributed by atoms with E-state index < -0.39 is 0 Å². The monoisotopic (exact) mass is 291 g/mol. The molecule has 1 amide bonds. The lowest BCUT2D eigenvalue weighted by atomic mass is 9.92. The van der Waals surface area contributed by atoms with Gasteiger partial charge in [-0.05, 0) is 25.3 Å². The first-order chi connectivity index (χ1) is 9.41. The zero-order chi connectivity index (χ0) is 14.8. The van der Waals surface area contributed by atoms with Crippen LogP contribution in [-0.4, -0.2) is 28.2 Å². The van der Waals surface area contributed by atoms with E-state index in [4.69, 9.17) is 0 Å². The second-order valence-corrected chi connectivity index (χ2v) is 7.00. The van der Waals surface area contributed by atoms with Crippen molar-refractivity contribution in [3.63, 3.8) is 0 Å². The van der Waals surface area contributed by atoms with E-state index in [1.54, 1.807) is 6.92 Å². The van der Waals surface area contributed by atoms with Gasteiger partial charge < -0.3 is 4.90 Å². The maximum Gasteiger partial charge on any atom is 0.223 e. The molecule has 4 heteroatoms. The molecule has 0 spiro atoms. The van der Waals surface area contributed by atoms with Crippen molar-refractivity contribution in [2.45, 2.75) is 32.7 Å². The SMILES string of the molecule is CC(=O)SCC1CC(=O)N(C(C)(C)c2ccccc2)C1. The highest BCUT2D eigenvalue weighted by Gasteiger charge is 2.39. The van der Waals surface area contributed by atoms with Crippen LogP contribution in [-0.2, 0) is 15.1 Å². The number of thioether (sulfide) groups is 1. The number of nitrogens with zero attached hydrogens (tertiary/aromatic N) is 1. The lowest BCUT2D eigenvalue weighted by Crippen LogP contribution is -2.42. The summed E-state index contributed by atoms with van der Waals surface area (Å²) in [4.78, 5) is 25.3. The maximum absolute atomic E-state index is 12.3. The average Bonchev–Trinajstić information content (AvgIpc) is 2.79. The van der Waals surface area contributed by atoms with Crippen LogP contribution in [0.5, 0.6) is 0 Å². The fourth-order valence-electron chi connectivity index (χ4n) is 2.67. The molecule has 1 aromatic rings. The minimum absolute atomic E-state index is 0.123. The minimum Gasteiger partial charge on any atom is -0.333 e. The third-order valence-corrected chi connectivity index (χ3v) is 4.93. The first-order valence-electron chi connectivity index (χ1n) is 6.90. The molecule has 1 aromatic carbocycles. The first-order valence-corrected chi connectivity index (χ1v) is 7.89. The Morgan fingerprint density at radius 1 is 1.35 bits per heavy atom. The summed E-state index contributed by atoms with van der Waals surface area (Å²) in [5, 5.41) is 0.123. The number of hydrogen-bond acceptors (Lipinski definition) is 3. The van der Waals surface area contributed by atoms with Gasteiger partial charge in [0, 0.05) is 25.6 Å². The fraction of sp³-hybridized carbons (Fsp3) is 0.500. The lowest BCUT2D eigenvalue weighted by Gasteiger charge is -2.36. The molecule has 1 saturated heterocycles. The Morgan fingerprint density at radius 2 is 2.00 bits per heavy atom. The molecule has 1 unspecified atom stereocenters. The van der Waals surface area contributed by atoms with Gasteiger partial charge >= 0.3 is 0 Å². The van der Waals surface area contributed by atoms with Gasteiger partial charge in [-0.1, -0.05) is 42.1 Å². The highest BCUT2D eigenvalue weighted by atomic mass is 32.2. The van der Waals surface area contributed by atoms with E-state index in [0.29, 0.717) is 6.42 Å². The summed E-state index contributed by atoms with van der Waals surface area (Å²) in [6, 6.07) is 10.1. The Kier molecular flexibility index (Phi) is 4.53. The zero-order valence-electron chi connectivity index (χ0n) is 12.3. The molecule has 0 saturated carbocycles. The van der Waals surface area contributed by atoms with Crippen molar-refractivity contribution in [2.24, 2.45) is 5.92 Å². The van der Waals surface area contributed by atoms with E-state index in [0.717, 1.165) is 17.9 Å². The van der Waals surface area contributed by atoms with Gasteiger partial charge in [0.15, 0.2) is 5.12 Å². The Morgan fingerprint density at radius 3 is 2.60 bits per heavy atom. The maximum atomic E-state index is 12.3. The van der Waals surface area contributed by atoms with Crippen LogP contribution in [0.4, 0.5) is 0 Å². The molecular formula is C16H21NO2S. The van der Waals surface area contributed by atoms with E-state index in [9.17, 15) is 9.59 Å². The molecule has 2 rings (SSSR count). The topological polar surface area (TPSA) is 37.4 Å². The summed E-state index contributed by atoms with van der Waals surface area (Å²) in [7, 11) is 0. The van der Waals surface area contributed by atoms with Crippen molar-refractivity contribution in [1.82, 2.24) is 4.90 Å². The van der Waals surface area contributed by atoms with Crippen molar-refractivity contribution in [2.75, 3.05) is 12.3 Å². The molecule has 0 aliphatic carbocycles. The molecule has 0 N–H and O–H groups in total. The van der Waals surface area contributed by atoms with Gasteiger partial charge in [0.05, 0.1) is 5.54 Å². The predicted molar refractivity (Wildman–Crippen MR) is 82.4 cm³/mol. The van der Waals surface area contributed by atoms with Crippen LogP contribution < -0.4 is 0 Å². The van der Waals surface area contributed by atoms with Crippen molar-refractivity contribution in [1.29, 1.82) is 0 Å². The molecule has 1 aliphatic rings. The molecule has 20 heavy (non-hydrogen) atoms. The molecule has 1 aliphatic heterocycles. The van der Waals surface area contributed by atoms with E-state index >= 15 is 0 Å². The number of rotatable bonds is 4. The largest absolute Gasteiger partial charge is 0.333 e. The van der Waals surface area contributed by atoms with Crippen LogP contribution in [0.1, 0.15) is 32.8 Å². The van der Waals surface area contributed by atoms with Crippen LogP contribution in [0.15, 0.2) is 30.3 Å². The number of carbonyl (C=O) groups excluding carboxylic acids is 2. The number of amides is 1. The first kappa shape index (κ1) is 15.1. The van der Waals surface area contributed by atoms with E-state index in [1.165, 1.54) is 11.8 Å². The molecular weight excluding hydrogens is 270 g/mol. The van der Waals surface area contributed by atoms with Gasteiger partial charge in [0.25, 0.3) is 0 Å². The highest BCUT2D eigenvalue weighted by molar-refractivity contribution is 8.13. The Hall–Kier alpha value is -1.29. The summed E-state index contributed by atoms with van der Waals surface area (Å²) in [5.74, 6) is 1.20. The van der Waals surface area contributed by atoms with E-state index in [2.05, 4.69) is 26.0 Å². The lowest BCUT2D eigenvalue weighted by molar-refractivity contribution is -0.132. The van der Waals surface area contributed by atoms with E-state index in [1.807, 2.05) is 23.1 Å². The zero-order valence-corrected chi connectivity index (χ0v) is 13.1. The molecule has 1 atom stereocenters. The summed E-state index contributed by atoms with van der Waals surface area (Å²) in [6.07, 6.45) is 0.552. The van der Waals surface area contributed by atoms with Crippen LogP contribution in [0.25, 0.3) is 0 Å². The second kappa shape index (κ2) is 6.00. The molecule has 0 radical (unpaired) electrons. The van der Waals surface area contributed by atoms with Gasteiger partial charge in [0.1, 0.15) is 0 Å². The minimum atomic E-state index is -0.298. The predicted octanol–water partition coefficient (Wildman–Crippen LogP) is 3.05. The highest BCUT2D eigenvalue weighted by Crippen LogP contribution is 2.34. The summed E-state index contributed by atoms with van der Waals surface area (Å²) < 4.78 is 0. The molecule has 0 bridgehead atoms. The van der Waals surface area contributed by atoms with Crippen molar-refractivity contribution in [3.05, 3.63) is 35.9 Å². The van der Waals surface area contributed by atoms with Crippen LogP contribution in [0.3, 0.4) is 0 Å². The molecule has 0 aromatic heterocycles. The number of carbonyl (C=O) groups is 2. The van der Waals surface area contributed by atoms with Crippen molar-refractivity contribution in [3.8, 4) is 0 Å². The number of likely N-dealkylation sites (tertiary alicyclic amines) is 1. The van der Waals surface area contributed by atoms with Crippen LogP contribution in [0, 0.1) is 5.92 Å². The summed E-state index contributed by atoms with van der Waals surface area (Å²) in [6.45, 7) is 6.48. The average molecular weight is 291 g/mol. The molecule has 3 nitrogen and oxygen atoms in total. The standard InChI is InChI=1S/C16H21NO2S/c1-12(18)20-11-13-9-15(19)17(10-13)16(2,3)14-7-5-4-6-8-14/h4-8,13H,9-11H2,1-3H3. The van der Waals surface area contributed by atoms with Gasteiger partial charge in [-0.2, -0.15) is 0 Å². The van der Waals surface area contributed by atoms with Crippen molar-refractivity contribution < 1.29 is 9.59 Å². The normalized spacial score (nSPS) is 19.4. The van der Waals surface area contributed by atoms with Crippen LogP contribution in [0.2, 0.25) is 0 Å². The van der Waals surface area contributed by atoms with Gasteiger partial charge in [-0.3, -0.25) is 9.59 Å². The third kappa shape index (κ3) is 3.23. The van der Waals surface area contributed by atoms with Crippen LogP contribution >= 0.6 is 11.8 Å². The molecule has 108 valence electrons. The number of hydrogen-bond donors (Lipinski definition) is 0. The quantitative estimate of drug-likeness (QED) is 0.855. The molecule has 1 fully saturated rings. The molecule has 1 heterocycles. The smallest absolute Gasteiger partial charge is 0.223 e. The summed E-state index contributed by atoms with van der Waals surface area (Å²) >= 11 is 1.32. The van der Waals surface area contributed by atoms with Gasteiger partial charge in [-0.25, -0.2) is 0 Å². The van der Waals surface area contributed by atoms with Gasteiger partial charge in [0.2, 0.25) is 5.91 Å². The van der Waals surface area contributed by atoms with Crippen molar-refractivity contribution >= 4 is 22.8 Å². The fourth-order valence-corrected chi connectivity index (χ4v) is 3.36. The number of benzene rings is 1. The Bertz CT molecular complexity index is 498. The summed E-state index contributed by atoms with van der Waals surface area (Å²) in [5.41, 5.74) is 0.849. The van der Waals surface area contributed by atoms with E-state index in [-0.39, 0.29) is 22.5 Å². The second-order valence-electron chi connectivity index (χ2n) is 5.80.